The Balaban J connectivity index is 2.52. The Morgan fingerprint density at radius 2 is 1.94 bits per heavy atom. The van der Waals surface area contributed by atoms with E-state index in [4.69, 9.17) is 0 Å². The van der Waals surface area contributed by atoms with Gasteiger partial charge in [0.2, 0.25) is 0 Å². The SMILES string of the molecule is CC(C)(C)c1cc(-c2cc[nH]n2)ccc1F. The lowest BCUT2D eigenvalue weighted by molar-refractivity contribution is 0.523. The quantitative estimate of drug-likeness (QED) is 0.779. The molecule has 1 aromatic heterocycles. The molecule has 0 spiro atoms. The van der Waals surface area contributed by atoms with Crippen LogP contribution in [-0.4, -0.2) is 10.2 Å². The number of hydrogen-bond donors (Lipinski definition) is 1. The average Bonchev–Trinajstić information content (AvgIpc) is 2.69. The second kappa shape index (κ2) is 3.74. The van der Waals surface area contributed by atoms with Crippen molar-refractivity contribution in [1.29, 1.82) is 0 Å². The molecular formula is C13H15FN2. The Hall–Kier alpha value is -1.64. The maximum absolute atomic E-state index is 13.7. The van der Waals surface area contributed by atoms with Crippen molar-refractivity contribution >= 4 is 0 Å². The Kier molecular flexibility index (Phi) is 2.54. The van der Waals surface area contributed by atoms with Gasteiger partial charge in [-0.1, -0.05) is 20.8 Å². The van der Waals surface area contributed by atoms with Gasteiger partial charge in [-0.05, 0) is 35.2 Å². The molecule has 0 bridgehead atoms. The number of halogens is 1. The van der Waals surface area contributed by atoms with Gasteiger partial charge in [0.05, 0.1) is 5.69 Å². The predicted octanol–water partition coefficient (Wildman–Crippen LogP) is 3.51. The van der Waals surface area contributed by atoms with Crippen LogP contribution < -0.4 is 0 Å². The van der Waals surface area contributed by atoms with Gasteiger partial charge in [-0.25, -0.2) is 4.39 Å². The van der Waals surface area contributed by atoms with Gasteiger partial charge in [-0.2, -0.15) is 5.10 Å². The third kappa shape index (κ3) is 1.98. The second-order valence-electron chi connectivity index (χ2n) is 4.90. The molecule has 1 aromatic carbocycles. The summed E-state index contributed by atoms with van der Waals surface area (Å²) >= 11 is 0. The van der Waals surface area contributed by atoms with Gasteiger partial charge in [-0.3, -0.25) is 5.10 Å². The molecule has 0 saturated carbocycles. The fourth-order valence-electron chi connectivity index (χ4n) is 1.68. The Morgan fingerprint density at radius 1 is 1.19 bits per heavy atom. The highest BCUT2D eigenvalue weighted by Gasteiger charge is 2.19. The van der Waals surface area contributed by atoms with Crippen LogP contribution in [0.1, 0.15) is 26.3 Å². The van der Waals surface area contributed by atoms with E-state index in [1.54, 1.807) is 12.3 Å². The van der Waals surface area contributed by atoms with Crippen molar-refractivity contribution in [2.45, 2.75) is 26.2 Å². The van der Waals surface area contributed by atoms with Crippen LogP contribution in [0.15, 0.2) is 30.5 Å². The average molecular weight is 218 g/mol. The molecule has 0 aliphatic rings. The minimum atomic E-state index is -0.198. The number of H-pyrrole nitrogens is 1. The molecule has 0 fully saturated rings. The van der Waals surface area contributed by atoms with Crippen LogP contribution >= 0.6 is 0 Å². The number of nitrogens with zero attached hydrogens (tertiary/aromatic N) is 1. The van der Waals surface area contributed by atoms with Gasteiger partial charge in [0, 0.05) is 11.8 Å². The smallest absolute Gasteiger partial charge is 0.126 e. The summed E-state index contributed by atoms with van der Waals surface area (Å²) in [6, 6.07) is 7.00. The second-order valence-corrected chi connectivity index (χ2v) is 4.90. The minimum absolute atomic E-state index is 0.160. The first-order valence-corrected chi connectivity index (χ1v) is 5.28. The van der Waals surface area contributed by atoms with E-state index in [1.165, 1.54) is 6.07 Å². The zero-order valence-corrected chi connectivity index (χ0v) is 9.71. The highest BCUT2D eigenvalue weighted by molar-refractivity contribution is 5.60. The molecule has 0 aliphatic heterocycles. The lowest BCUT2D eigenvalue weighted by Crippen LogP contribution is -2.13. The van der Waals surface area contributed by atoms with E-state index >= 15 is 0 Å². The largest absolute Gasteiger partial charge is 0.285 e. The molecule has 0 saturated heterocycles. The van der Waals surface area contributed by atoms with Crippen LogP contribution in [0, 0.1) is 5.82 Å². The Morgan fingerprint density at radius 3 is 2.50 bits per heavy atom. The fraction of sp³-hybridized carbons (Fsp3) is 0.308. The number of rotatable bonds is 1. The van der Waals surface area contributed by atoms with Crippen LogP contribution in [0.4, 0.5) is 4.39 Å². The molecule has 0 radical (unpaired) electrons. The van der Waals surface area contributed by atoms with E-state index in [9.17, 15) is 4.39 Å². The van der Waals surface area contributed by atoms with Crippen LogP contribution in [0.2, 0.25) is 0 Å². The van der Waals surface area contributed by atoms with E-state index in [0.29, 0.717) is 5.56 Å². The van der Waals surface area contributed by atoms with Crippen LogP contribution in [-0.2, 0) is 5.41 Å². The molecule has 1 N–H and O–H groups in total. The van der Waals surface area contributed by atoms with Gasteiger partial charge < -0.3 is 0 Å². The first-order valence-electron chi connectivity index (χ1n) is 5.28. The molecule has 16 heavy (non-hydrogen) atoms. The zero-order valence-electron chi connectivity index (χ0n) is 9.71. The first kappa shape index (κ1) is 10.9. The van der Waals surface area contributed by atoms with E-state index in [1.807, 2.05) is 32.9 Å². The summed E-state index contributed by atoms with van der Waals surface area (Å²) in [5, 5.41) is 6.85. The standard InChI is InChI=1S/C13H15FN2/c1-13(2,3)10-8-9(4-5-11(10)14)12-6-7-15-16-12/h4-8H,1-3H3,(H,15,16). The molecule has 2 aromatic rings. The Bertz CT molecular complexity index is 481. The van der Waals surface area contributed by atoms with Gasteiger partial charge in [-0.15, -0.1) is 0 Å². The third-order valence-corrected chi connectivity index (χ3v) is 2.57. The highest BCUT2D eigenvalue weighted by Crippen LogP contribution is 2.28. The summed E-state index contributed by atoms with van der Waals surface area (Å²) in [5.74, 6) is -0.160. The minimum Gasteiger partial charge on any atom is -0.285 e. The van der Waals surface area contributed by atoms with E-state index in [0.717, 1.165) is 11.3 Å². The summed E-state index contributed by atoms with van der Waals surface area (Å²) in [7, 11) is 0. The van der Waals surface area contributed by atoms with Crippen LogP contribution in [0.5, 0.6) is 0 Å². The molecule has 0 aliphatic carbocycles. The lowest BCUT2D eigenvalue weighted by Gasteiger charge is -2.20. The number of hydrogen-bond acceptors (Lipinski definition) is 1. The van der Waals surface area contributed by atoms with Crippen molar-refractivity contribution < 1.29 is 4.39 Å². The van der Waals surface area contributed by atoms with Gasteiger partial charge >= 0.3 is 0 Å². The van der Waals surface area contributed by atoms with Gasteiger partial charge in [0.1, 0.15) is 5.82 Å². The number of aromatic amines is 1. The predicted molar refractivity (Wildman–Crippen MR) is 62.7 cm³/mol. The molecule has 3 heteroatoms. The van der Waals surface area contributed by atoms with Crippen LogP contribution in [0.25, 0.3) is 11.3 Å². The Labute approximate surface area is 94.5 Å². The molecule has 84 valence electrons. The van der Waals surface area contributed by atoms with Gasteiger partial charge in [0.25, 0.3) is 0 Å². The maximum Gasteiger partial charge on any atom is 0.126 e. The van der Waals surface area contributed by atoms with E-state index < -0.39 is 0 Å². The third-order valence-electron chi connectivity index (χ3n) is 2.57. The zero-order chi connectivity index (χ0) is 11.8. The van der Waals surface area contributed by atoms with Gasteiger partial charge in [0.15, 0.2) is 0 Å². The monoisotopic (exact) mass is 218 g/mol. The lowest BCUT2D eigenvalue weighted by atomic mass is 9.85. The number of aromatic nitrogens is 2. The summed E-state index contributed by atoms with van der Waals surface area (Å²) in [5.41, 5.74) is 2.29. The van der Waals surface area contributed by atoms with Crippen molar-refractivity contribution in [3.63, 3.8) is 0 Å². The van der Waals surface area contributed by atoms with Crippen LogP contribution in [0.3, 0.4) is 0 Å². The molecule has 0 unspecified atom stereocenters. The number of benzene rings is 1. The van der Waals surface area contributed by atoms with E-state index in [-0.39, 0.29) is 11.2 Å². The summed E-state index contributed by atoms with van der Waals surface area (Å²) in [6.45, 7) is 6.00. The maximum atomic E-state index is 13.7. The number of nitrogens with one attached hydrogen (secondary N) is 1. The topological polar surface area (TPSA) is 28.7 Å². The van der Waals surface area contributed by atoms with Crippen molar-refractivity contribution in [3.05, 3.63) is 41.8 Å². The summed E-state index contributed by atoms with van der Waals surface area (Å²) in [4.78, 5) is 0. The molecule has 0 amide bonds. The van der Waals surface area contributed by atoms with Crippen molar-refractivity contribution in [3.8, 4) is 11.3 Å². The molecule has 0 atom stereocenters. The molecule has 2 rings (SSSR count). The van der Waals surface area contributed by atoms with Crippen molar-refractivity contribution in [1.82, 2.24) is 10.2 Å². The normalized spacial score (nSPS) is 11.8. The molecule has 1 heterocycles. The molecular weight excluding hydrogens is 203 g/mol. The van der Waals surface area contributed by atoms with Crippen molar-refractivity contribution in [2.24, 2.45) is 0 Å². The fourth-order valence-corrected chi connectivity index (χ4v) is 1.68. The summed E-state index contributed by atoms with van der Waals surface area (Å²) in [6.07, 6.45) is 1.76. The van der Waals surface area contributed by atoms with Crippen molar-refractivity contribution in [2.75, 3.05) is 0 Å². The molecule has 2 nitrogen and oxygen atoms in total. The summed E-state index contributed by atoms with van der Waals surface area (Å²) < 4.78 is 13.7. The van der Waals surface area contributed by atoms with E-state index in [2.05, 4.69) is 10.2 Å². The highest BCUT2D eigenvalue weighted by atomic mass is 19.1. The first-order chi connectivity index (χ1) is 7.48.